The van der Waals surface area contributed by atoms with Crippen LogP contribution in [0.4, 0.5) is 0 Å². The summed E-state index contributed by atoms with van der Waals surface area (Å²) in [5, 5.41) is 0. The normalized spacial score (nSPS) is 18.3. The van der Waals surface area contributed by atoms with Crippen LogP contribution in [0.5, 0.6) is 0 Å². The number of aryl methyl sites for hydroxylation is 1. The summed E-state index contributed by atoms with van der Waals surface area (Å²) >= 11 is 0. The lowest BCUT2D eigenvalue weighted by molar-refractivity contribution is -0.121. The summed E-state index contributed by atoms with van der Waals surface area (Å²) in [6.07, 6.45) is 4.44. The molecule has 1 aromatic heterocycles. The lowest BCUT2D eigenvalue weighted by Gasteiger charge is -2.29. The van der Waals surface area contributed by atoms with Gasteiger partial charge in [0.25, 0.3) is 5.91 Å². The Balaban J connectivity index is 0.00000264. The second kappa shape index (κ2) is 7.51. The van der Waals surface area contributed by atoms with Crippen LogP contribution in [0.25, 0.3) is 0 Å². The monoisotopic (exact) mass is 384 g/mol. The topological polar surface area (TPSA) is 149 Å². The van der Waals surface area contributed by atoms with E-state index in [1.165, 1.54) is 18.6 Å². The fraction of sp³-hybridized carbons (Fsp3) is 0.545. The molecular formula is C11H17ClN4O5S2. The van der Waals surface area contributed by atoms with Crippen LogP contribution in [0.1, 0.15) is 5.69 Å². The minimum atomic E-state index is -3.87. The highest BCUT2D eigenvalue weighted by Gasteiger charge is 2.40. The van der Waals surface area contributed by atoms with Crippen molar-refractivity contribution in [2.24, 2.45) is 11.7 Å². The maximum absolute atomic E-state index is 11.8. The van der Waals surface area contributed by atoms with Crippen molar-refractivity contribution in [3.05, 3.63) is 24.3 Å². The number of carbonyl (C=O) groups excluding carboxylic acids is 1. The number of carbonyl (C=O) groups is 1. The summed E-state index contributed by atoms with van der Waals surface area (Å²) in [5.41, 5.74) is 6.08. The highest BCUT2D eigenvalue weighted by atomic mass is 35.5. The van der Waals surface area contributed by atoms with Crippen LogP contribution in [0, 0.1) is 5.92 Å². The van der Waals surface area contributed by atoms with Gasteiger partial charge in [-0.3, -0.25) is 19.5 Å². The zero-order valence-electron chi connectivity index (χ0n) is 12.0. The molecule has 1 fully saturated rings. The van der Waals surface area contributed by atoms with Crippen molar-refractivity contribution in [3.63, 3.8) is 0 Å². The summed E-state index contributed by atoms with van der Waals surface area (Å²) in [5.74, 6) is -2.16. The van der Waals surface area contributed by atoms with Gasteiger partial charge in [0.05, 0.1) is 29.0 Å². The summed E-state index contributed by atoms with van der Waals surface area (Å²) in [7, 11) is -6.99. The van der Waals surface area contributed by atoms with Crippen molar-refractivity contribution in [1.29, 1.82) is 0 Å². The van der Waals surface area contributed by atoms with Crippen LogP contribution in [0.2, 0.25) is 0 Å². The zero-order valence-corrected chi connectivity index (χ0v) is 14.4. The van der Waals surface area contributed by atoms with E-state index in [0.29, 0.717) is 5.69 Å². The minimum absolute atomic E-state index is 0. The van der Waals surface area contributed by atoms with Gasteiger partial charge in [0, 0.05) is 30.9 Å². The molecule has 1 amide bonds. The molecule has 12 heteroatoms. The predicted octanol–water partition coefficient (Wildman–Crippen LogP) is -1.74. The number of hydrogen-bond donors (Lipinski definition) is 2. The number of amides is 1. The Morgan fingerprint density at radius 3 is 2.57 bits per heavy atom. The molecule has 2 rings (SSSR count). The molecule has 0 aliphatic carbocycles. The van der Waals surface area contributed by atoms with Gasteiger partial charge in [-0.1, -0.05) is 0 Å². The smallest absolute Gasteiger partial charge is 0.250 e. The lowest BCUT2D eigenvalue weighted by atomic mass is 10.0. The van der Waals surface area contributed by atoms with Crippen molar-refractivity contribution in [2.45, 2.75) is 12.5 Å². The highest BCUT2D eigenvalue weighted by Crippen LogP contribution is 2.20. The number of nitrogens with zero attached hydrogens (tertiary/aromatic N) is 2. The van der Waals surface area contributed by atoms with E-state index in [1.54, 1.807) is 0 Å². The first kappa shape index (κ1) is 19.7. The molecule has 9 nitrogen and oxygen atoms in total. The summed E-state index contributed by atoms with van der Waals surface area (Å²) < 4.78 is 47.6. The van der Waals surface area contributed by atoms with E-state index in [1.807, 2.05) is 4.72 Å². The summed E-state index contributed by atoms with van der Waals surface area (Å²) in [6.45, 7) is 0. The predicted molar refractivity (Wildman–Crippen MR) is 85.0 cm³/mol. The first-order valence-electron chi connectivity index (χ1n) is 6.44. The lowest BCUT2D eigenvalue weighted by Crippen LogP contribution is -2.55. The van der Waals surface area contributed by atoms with Crippen LogP contribution in [-0.2, 0) is 31.1 Å². The average molecular weight is 385 g/mol. The van der Waals surface area contributed by atoms with E-state index in [2.05, 4.69) is 9.97 Å². The minimum Gasteiger partial charge on any atom is -0.320 e. The van der Waals surface area contributed by atoms with Gasteiger partial charge in [-0.25, -0.2) is 16.8 Å². The van der Waals surface area contributed by atoms with Crippen LogP contribution >= 0.6 is 12.4 Å². The molecule has 1 atom stereocenters. The molecule has 1 unspecified atom stereocenters. The number of halogens is 1. The van der Waals surface area contributed by atoms with Gasteiger partial charge in [-0.2, -0.15) is 0 Å². The Morgan fingerprint density at radius 2 is 2.04 bits per heavy atom. The Hall–Kier alpha value is -1.30. The SMILES string of the molecule is Cl.NC(C(=O)NS(=O)(=O)CCc1cnccn1)C1CS(=O)(=O)C1. The van der Waals surface area contributed by atoms with Crippen LogP contribution in [0.15, 0.2) is 18.6 Å². The second-order valence-corrected chi connectivity index (χ2v) is 9.09. The van der Waals surface area contributed by atoms with Crippen LogP contribution in [0.3, 0.4) is 0 Å². The second-order valence-electron chi connectivity index (χ2n) is 5.09. The average Bonchev–Trinajstić information content (AvgIpc) is 2.42. The maximum atomic E-state index is 11.8. The third-order valence-corrected chi connectivity index (χ3v) is 6.37. The van der Waals surface area contributed by atoms with Crippen molar-refractivity contribution in [1.82, 2.24) is 14.7 Å². The molecule has 1 aromatic rings. The van der Waals surface area contributed by atoms with Gasteiger partial charge < -0.3 is 5.73 Å². The van der Waals surface area contributed by atoms with Gasteiger partial charge in [0.15, 0.2) is 9.84 Å². The van der Waals surface area contributed by atoms with E-state index in [0.717, 1.165) is 0 Å². The van der Waals surface area contributed by atoms with Crippen molar-refractivity contribution < 1.29 is 21.6 Å². The molecule has 130 valence electrons. The van der Waals surface area contributed by atoms with Crippen molar-refractivity contribution in [2.75, 3.05) is 17.3 Å². The Kier molecular flexibility index (Phi) is 6.45. The fourth-order valence-electron chi connectivity index (χ4n) is 2.00. The molecule has 0 aromatic carbocycles. The van der Waals surface area contributed by atoms with E-state index in [-0.39, 0.29) is 36.1 Å². The molecule has 0 spiro atoms. The Labute approximate surface area is 140 Å². The number of aromatic nitrogens is 2. The molecule has 2 heterocycles. The van der Waals surface area contributed by atoms with Gasteiger partial charge in [-0.05, 0) is 0 Å². The first-order valence-corrected chi connectivity index (χ1v) is 9.91. The quantitative estimate of drug-likeness (QED) is 0.586. The molecule has 1 aliphatic rings. The number of sulfone groups is 1. The largest absolute Gasteiger partial charge is 0.320 e. The summed E-state index contributed by atoms with van der Waals surface area (Å²) in [6, 6.07) is -1.16. The van der Waals surface area contributed by atoms with E-state index in [9.17, 15) is 21.6 Å². The van der Waals surface area contributed by atoms with Crippen LogP contribution < -0.4 is 10.5 Å². The molecule has 1 aliphatic heterocycles. The van der Waals surface area contributed by atoms with Crippen molar-refractivity contribution in [3.8, 4) is 0 Å². The number of nitrogens with one attached hydrogen (secondary N) is 1. The van der Waals surface area contributed by atoms with E-state index in [4.69, 9.17) is 5.73 Å². The third kappa shape index (κ3) is 5.68. The summed E-state index contributed by atoms with van der Waals surface area (Å²) in [4.78, 5) is 19.5. The molecular weight excluding hydrogens is 368 g/mol. The van der Waals surface area contributed by atoms with Gasteiger partial charge >= 0.3 is 0 Å². The number of hydrogen-bond acceptors (Lipinski definition) is 8. The van der Waals surface area contributed by atoms with E-state index >= 15 is 0 Å². The third-order valence-electron chi connectivity index (χ3n) is 3.25. The van der Waals surface area contributed by atoms with Gasteiger partial charge in [0.1, 0.15) is 0 Å². The number of sulfonamides is 1. The van der Waals surface area contributed by atoms with Gasteiger partial charge in [-0.15, -0.1) is 12.4 Å². The zero-order chi connectivity index (χ0) is 16.4. The fourth-order valence-corrected chi connectivity index (χ4v) is 4.64. The molecule has 1 saturated heterocycles. The Bertz CT molecular complexity index is 742. The van der Waals surface area contributed by atoms with Crippen molar-refractivity contribution >= 4 is 38.2 Å². The first-order chi connectivity index (χ1) is 10.2. The molecule has 0 radical (unpaired) electrons. The van der Waals surface area contributed by atoms with Gasteiger partial charge in [0.2, 0.25) is 10.0 Å². The molecule has 0 bridgehead atoms. The number of rotatable bonds is 6. The standard InChI is InChI=1S/C11H16N4O5S2.ClH/c12-10(8-6-21(17,18)7-8)11(16)15-22(19,20)4-1-9-5-13-2-3-14-9;/h2-3,5,8,10H,1,4,6-7,12H2,(H,15,16);1H. The van der Waals surface area contributed by atoms with Crippen LogP contribution in [-0.4, -0.2) is 56.0 Å². The van der Waals surface area contributed by atoms with E-state index < -0.39 is 37.7 Å². The number of nitrogens with two attached hydrogens (primary N) is 1. The highest BCUT2D eigenvalue weighted by molar-refractivity contribution is 7.92. The molecule has 0 saturated carbocycles. The molecule has 3 N–H and O–H groups in total. The molecule has 23 heavy (non-hydrogen) atoms. The Morgan fingerprint density at radius 1 is 1.39 bits per heavy atom. The maximum Gasteiger partial charge on any atom is 0.250 e.